The molecular weight excluding hydrogens is 320 g/mol. The zero-order valence-corrected chi connectivity index (χ0v) is 15.9. The van der Waals surface area contributed by atoms with E-state index in [2.05, 4.69) is 43.1 Å². The first-order valence-electron chi connectivity index (χ1n) is 8.09. The quantitative estimate of drug-likeness (QED) is 0.753. The molecule has 0 aliphatic carbocycles. The Kier molecular flexibility index (Phi) is 6.04. The van der Waals surface area contributed by atoms with Gasteiger partial charge < -0.3 is 9.47 Å². The minimum atomic E-state index is -0.209. The third-order valence-corrected chi connectivity index (χ3v) is 4.63. The predicted octanol–water partition coefficient (Wildman–Crippen LogP) is 3.37. The highest BCUT2D eigenvalue weighted by atomic mass is 32.2. The fraction of sp³-hybridized carbons (Fsp3) is 0.500. The van der Waals surface area contributed by atoms with E-state index in [1.807, 2.05) is 41.6 Å². The second-order valence-electron chi connectivity index (χ2n) is 7.23. The molecule has 0 unspecified atom stereocenters. The van der Waals surface area contributed by atoms with Crippen molar-refractivity contribution in [2.75, 3.05) is 6.54 Å². The summed E-state index contributed by atoms with van der Waals surface area (Å²) in [6.07, 6.45) is 1.65. The van der Waals surface area contributed by atoms with Crippen LogP contribution in [0.1, 0.15) is 33.3 Å². The van der Waals surface area contributed by atoms with Crippen molar-refractivity contribution in [3.8, 4) is 0 Å². The van der Waals surface area contributed by atoms with Crippen LogP contribution in [0.2, 0.25) is 0 Å². The summed E-state index contributed by atoms with van der Waals surface area (Å²) < 4.78 is 1.83. The summed E-state index contributed by atoms with van der Waals surface area (Å²) in [4.78, 5) is 15.0. The first-order valence-corrected chi connectivity index (χ1v) is 8.97. The van der Waals surface area contributed by atoms with Gasteiger partial charge in [0.25, 0.3) is 0 Å². The van der Waals surface area contributed by atoms with E-state index in [1.165, 1.54) is 11.8 Å². The molecule has 2 rings (SSSR count). The highest BCUT2D eigenvalue weighted by Gasteiger charge is 2.26. The van der Waals surface area contributed by atoms with Crippen molar-refractivity contribution in [3.05, 3.63) is 42.2 Å². The van der Waals surface area contributed by atoms with E-state index in [1.54, 1.807) is 6.33 Å². The molecule has 24 heavy (non-hydrogen) atoms. The van der Waals surface area contributed by atoms with E-state index in [0.29, 0.717) is 13.1 Å². The molecule has 130 valence electrons. The van der Waals surface area contributed by atoms with Crippen LogP contribution in [0.25, 0.3) is 0 Å². The van der Waals surface area contributed by atoms with Crippen molar-refractivity contribution < 1.29 is 4.79 Å². The molecule has 1 atom stereocenters. The van der Waals surface area contributed by atoms with Gasteiger partial charge in [0.1, 0.15) is 6.33 Å². The molecule has 0 N–H and O–H groups in total. The van der Waals surface area contributed by atoms with E-state index in [0.717, 1.165) is 10.7 Å². The first-order chi connectivity index (χ1) is 11.3. The average Bonchev–Trinajstić information content (AvgIpc) is 2.90. The van der Waals surface area contributed by atoms with Crippen LogP contribution in [0.3, 0.4) is 0 Å². The third kappa shape index (κ3) is 5.37. The second kappa shape index (κ2) is 7.83. The standard InChI is InChI=1S/C18H26N4OS/c1-14(24-17-20-19-13-21(17)5)16(23)22(12-18(2,3)4)11-15-9-7-6-8-10-15/h6-10,13-14H,11-12H2,1-5H3/t14-/m0/s1. The van der Waals surface area contributed by atoms with Crippen molar-refractivity contribution in [3.63, 3.8) is 0 Å². The third-order valence-electron chi connectivity index (χ3n) is 3.49. The molecule has 1 aromatic carbocycles. The monoisotopic (exact) mass is 346 g/mol. The Bertz CT molecular complexity index is 663. The Morgan fingerprint density at radius 1 is 1.29 bits per heavy atom. The summed E-state index contributed by atoms with van der Waals surface area (Å²) in [7, 11) is 1.89. The molecule has 0 saturated heterocycles. The Labute approximate surface area is 148 Å². The van der Waals surface area contributed by atoms with Crippen molar-refractivity contribution in [1.29, 1.82) is 0 Å². The van der Waals surface area contributed by atoms with Gasteiger partial charge in [0.15, 0.2) is 5.16 Å². The lowest BCUT2D eigenvalue weighted by molar-refractivity contribution is -0.132. The van der Waals surface area contributed by atoms with E-state index < -0.39 is 0 Å². The van der Waals surface area contributed by atoms with E-state index >= 15 is 0 Å². The first kappa shape index (κ1) is 18.5. The average molecular weight is 347 g/mol. The Morgan fingerprint density at radius 2 is 1.96 bits per heavy atom. The maximum absolute atomic E-state index is 13.0. The van der Waals surface area contributed by atoms with Crippen LogP contribution in [-0.4, -0.2) is 37.4 Å². The molecule has 1 heterocycles. The van der Waals surface area contributed by atoms with Gasteiger partial charge in [-0.15, -0.1) is 10.2 Å². The van der Waals surface area contributed by atoms with Crippen LogP contribution < -0.4 is 0 Å². The number of rotatable bonds is 6. The predicted molar refractivity (Wildman–Crippen MR) is 97.6 cm³/mol. The lowest BCUT2D eigenvalue weighted by atomic mass is 9.95. The molecule has 1 aromatic heterocycles. The van der Waals surface area contributed by atoms with Crippen molar-refractivity contribution in [2.45, 2.75) is 44.6 Å². The summed E-state index contributed by atoms with van der Waals surface area (Å²) in [5.41, 5.74) is 1.19. The summed E-state index contributed by atoms with van der Waals surface area (Å²) in [6, 6.07) is 10.1. The normalized spacial score (nSPS) is 12.9. The van der Waals surface area contributed by atoms with Crippen molar-refractivity contribution in [2.24, 2.45) is 12.5 Å². The lowest BCUT2D eigenvalue weighted by Gasteiger charge is -2.32. The molecule has 0 bridgehead atoms. The van der Waals surface area contributed by atoms with E-state index in [9.17, 15) is 4.79 Å². The fourth-order valence-corrected chi connectivity index (χ4v) is 3.31. The van der Waals surface area contributed by atoms with Crippen LogP contribution >= 0.6 is 11.8 Å². The molecular formula is C18H26N4OS. The summed E-state index contributed by atoms with van der Waals surface area (Å²) in [5, 5.41) is 8.48. The maximum Gasteiger partial charge on any atom is 0.236 e. The van der Waals surface area contributed by atoms with Crippen LogP contribution in [-0.2, 0) is 18.4 Å². The number of amides is 1. The number of hydrogen-bond donors (Lipinski definition) is 0. The number of nitrogens with zero attached hydrogens (tertiary/aromatic N) is 4. The molecule has 0 saturated carbocycles. The molecule has 0 spiro atoms. The Morgan fingerprint density at radius 3 is 2.50 bits per heavy atom. The van der Waals surface area contributed by atoms with Gasteiger partial charge in [-0.3, -0.25) is 4.79 Å². The van der Waals surface area contributed by atoms with E-state index in [4.69, 9.17) is 0 Å². The smallest absolute Gasteiger partial charge is 0.236 e. The Balaban J connectivity index is 2.12. The number of hydrogen-bond acceptors (Lipinski definition) is 4. The van der Waals surface area contributed by atoms with Crippen LogP contribution in [0, 0.1) is 5.41 Å². The topological polar surface area (TPSA) is 51.0 Å². The summed E-state index contributed by atoms with van der Waals surface area (Å²) in [6.45, 7) is 9.73. The zero-order valence-electron chi connectivity index (χ0n) is 15.1. The van der Waals surface area contributed by atoms with Gasteiger partial charge in [0.05, 0.1) is 5.25 Å². The van der Waals surface area contributed by atoms with Crippen molar-refractivity contribution >= 4 is 17.7 Å². The SMILES string of the molecule is C[C@H](Sc1nncn1C)C(=O)N(Cc1ccccc1)CC(C)(C)C. The summed E-state index contributed by atoms with van der Waals surface area (Å²) in [5.74, 6) is 0.127. The molecule has 6 heteroatoms. The minimum Gasteiger partial charge on any atom is -0.337 e. The number of carbonyl (C=O) groups excluding carboxylic acids is 1. The zero-order chi connectivity index (χ0) is 17.7. The molecule has 1 amide bonds. The molecule has 2 aromatic rings. The number of benzene rings is 1. The van der Waals surface area contributed by atoms with Crippen LogP contribution in [0.15, 0.2) is 41.8 Å². The molecule has 0 aliphatic rings. The van der Waals surface area contributed by atoms with Gasteiger partial charge >= 0.3 is 0 Å². The fourth-order valence-electron chi connectivity index (χ4n) is 2.43. The van der Waals surface area contributed by atoms with Gasteiger partial charge in [-0.1, -0.05) is 62.9 Å². The van der Waals surface area contributed by atoms with E-state index in [-0.39, 0.29) is 16.6 Å². The van der Waals surface area contributed by atoms with Crippen LogP contribution in [0.4, 0.5) is 0 Å². The highest BCUT2D eigenvalue weighted by molar-refractivity contribution is 8.00. The number of carbonyl (C=O) groups is 1. The van der Waals surface area contributed by atoms with Crippen molar-refractivity contribution in [1.82, 2.24) is 19.7 Å². The largest absolute Gasteiger partial charge is 0.337 e. The maximum atomic E-state index is 13.0. The lowest BCUT2D eigenvalue weighted by Crippen LogP contribution is -2.41. The highest BCUT2D eigenvalue weighted by Crippen LogP contribution is 2.25. The number of aromatic nitrogens is 3. The molecule has 0 fully saturated rings. The van der Waals surface area contributed by atoms with Gasteiger partial charge in [-0.25, -0.2) is 0 Å². The van der Waals surface area contributed by atoms with Gasteiger partial charge in [0.2, 0.25) is 5.91 Å². The van der Waals surface area contributed by atoms with Crippen LogP contribution in [0.5, 0.6) is 0 Å². The second-order valence-corrected chi connectivity index (χ2v) is 8.53. The van der Waals surface area contributed by atoms with Gasteiger partial charge in [-0.2, -0.15) is 0 Å². The van der Waals surface area contributed by atoms with Gasteiger partial charge in [-0.05, 0) is 17.9 Å². The minimum absolute atomic E-state index is 0.0413. The molecule has 5 nitrogen and oxygen atoms in total. The molecule has 0 radical (unpaired) electrons. The Hall–Kier alpha value is -1.82. The van der Waals surface area contributed by atoms with Gasteiger partial charge in [0, 0.05) is 20.1 Å². The number of aryl methyl sites for hydroxylation is 1. The number of thioether (sulfide) groups is 1. The summed E-state index contributed by atoms with van der Waals surface area (Å²) >= 11 is 1.45. The molecule has 0 aliphatic heterocycles.